The van der Waals surface area contributed by atoms with Gasteiger partial charge in [0.25, 0.3) is 0 Å². The van der Waals surface area contributed by atoms with Crippen LogP contribution in [0.5, 0.6) is 17.2 Å². The maximum atomic E-state index is 13.0. The van der Waals surface area contributed by atoms with Gasteiger partial charge >= 0.3 is 11.9 Å². The predicted molar refractivity (Wildman–Crippen MR) is 115 cm³/mol. The molecule has 2 fully saturated rings. The van der Waals surface area contributed by atoms with Gasteiger partial charge in [-0.25, -0.2) is 9.59 Å². The van der Waals surface area contributed by atoms with Crippen molar-refractivity contribution in [2.75, 3.05) is 14.2 Å². The van der Waals surface area contributed by atoms with Crippen molar-refractivity contribution in [1.29, 1.82) is 0 Å². The highest BCUT2D eigenvalue weighted by Crippen LogP contribution is 2.51. The van der Waals surface area contributed by atoms with Gasteiger partial charge in [-0.1, -0.05) is 6.07 Å². The van der Waals surface area contributed by atoms with Crippen molar-refractivity contribution in [2.24, 2.45) is 0 Å². The Hall–Kier alpha value is -3.22. The zero-order valence-corrected chi connectivity index (χ0v) is 18.3. The highest BCUT2D eigenvalue weighted by Gasteiger charge is 2.56. The van der Waals surface area contributed by atoms with Gasteiger partial charge in [-0.15, -0.1) is 0 Å². The fourth-order valence-electron chi connectivity index (χ4n) is 4.45. The number of ether oxygens (including phenoxy) is 5. The summed E-state index contributed by atoms with van der Waals surface area (Å²) in [6.07, 6.45) is 5.14. The summed E-state index contributed by atoms with van der Waals surface area (Å²) in [6.45, 7) is 0.239. The Labute approximate surface area is 186 Å². The summed E-state index contributed by atoms with van der Waals surface area (Å²) < 4.78 is 28.4. The van der Waals surface area contributed by atoms with Crippen molar-refractivity contribution in [3.63, 3.8) is 0 Å². The first-order chi connectivity index (χ1) is 15.5. The molecule has 3 aliphatic rings. The van der Waals surface area contributed by atoms with Crippen LogP contribution in [0.4, 0.5) is 0 Å². The quantitative estimate of drug-likeness (QED) is 0.591. The first kappa shape index (κ1) is 20.7. The van der Waals surface area contributed by atoms with E-state index in [0.29, 0.717) is 35.7 Å². The lowest BCUT2D eigenvalue weighted by Gasteiger charge is -2.24. The molecule has 1 heterocycles. The zero-order valence-electron chi connectivity index (χ0n) is 18.3. The van der Waals surface area contributed by atoms with Crippen LogP contribution >= 0.6 is 0 Å². The van der Waals surface area contributed by atoms with Crippen molar-refractivity contribution < 1.29 is 33.3 Å². The summed E-state index contributed by atoms with van der Waals surface area (Å²) in [4.78, 5) is 24.8. The van der Waals surface area contributed by atoms with Crippen molar-refractivity contribution in [1.82, 2.24) is 0 Å². The molecule has 32 heavy (non-hydrogen) atoms. The van der Waals surface area contributed by atoms with Gasteiger partial charge in [-0.3, -0.25) is 0 Å². The molecule has 168 valence electrons. The summed E-state index contributed by atoms with van der Waals surface area (Å²) in [5.41, 5.74) is 1.94. The largest absolute Gasteiger partial charge is 0.493 e. The van der Waals surface area contributed by atoms with Crippen LogP contribution in [0, 0.1) is 0 Å². The van der Waals surface area contributed by atoms with Gasteiger partial charge in [0.1, 0.15) is 12.7 Å². The molecule has 0 bridgehead atoms. The van der Waals surface area contributed by atoms with E-state index in [1.54, 1.807) is 26.4 Å². The van der Waals surface area contributed by atoms with Crippen LogP contribution in [-0.2, 0) is 20.9 Å². The Morgan fingerprint density at radius 1 is 1.00 bits per heavy atom. The summed E-state index contributed by atoms with van der Waals surface area (Å²) in [5.74, 6) is 0.719. The zero-order chi connectivity index (χ0) is 22.3. The third kappa shape index (κ3) is 3.55. The van der Waals surface area contributed by atoms with Crippen LogP contribution in [0.1, 0.15) is 54.4 Å². The molecule has 0 atom stereocenters. The number of benzene rings is 2. The molecule has 2 saturated carbocycles. The Balaban J connectivity index is 1.52. The number of carbonyl (C=O) groups is 2. The molecule has 0 aromatic heterocycles. The van der Waals surface area contributed by atoms with Crippen LogP contribution in [0.25, 0.3) is 11.1 Å². The Morgan fingerprint density at radius 2 is 1.75 bits per heavy atom. The van der Waals surface area contributed by atoms with Gasteiger partial charge in [-0.05, 0) is 55.5 Å². The van der Waals surface area contributed by atoms with E-state index >= 15 is 0 Å². The predicted octanol–water partition coefficient (Wildman–Crippen LogP) is 4.44. The first-order valence-electron chi connectivity index (χ1n) is 11.0. The van der Waals surface area contributed by atoms with Crippen LogP contribution in [-0.4, -0.2) is 37.9 Å². The van der Waals surface area contributed by atoms with E-state index in [0.717, 1.165) is 42.4 Å². The van der Waals surface area contributed by atoms with Gasteiger partial charge in [0, 0.05) is 24.0 Å². The summed E-state index contributed by atoms with van der Waals surface area (Å²) in [6, 6.07) is 9.17. The Kier molecular flexibility index (Phi) is 5.19. The molecule has 0 amide bonds. The second-order valence-electron chi connectivity index (χ2n) is 8.53. The number of cyclic esters (lactones) is 1. The topological polar surface area (TPSA) is 80.3 Å². The minimum Gasteiger partial charge on any atom is -0.493 e. The van der Waals surface area contributed by atoms with E-state index < -0.39 is 5.60 Å². The molecule has 7 nitrogen and oxygen atoms in total. The summed E-state index contributed by atoms with van der Waals surface area (Å²) in [5, 5.41) is 0. The number of fused-ring (bicyclic) bond motifs is 1. The normalized spacial score (nSPS) is 18.6. The highest BCUT2D eigenvalue weighted by molar-refractivity contribution is 5.94. The molecule has 0 N–H and O–H groups in total. The molecule has 5 rings (SSSR count). The number of methoxy groups -OCH3 is 2. The van der Waals surface area contributed by atoms with Gasteiger partial charge in [0.15, 0.2) is 11.5 Å². The average molecular weight is 438 g/mol. The standard InChI is InChI=1S/C25H26O7/c1-28-20-10-9-18(15-7-8-19-16(13-15)14-30-23(19)26)21(22(20)29-2)32-25(11-12-25)24(27)31-17-5-3-4-6-17/h7-10,13,17H,3-6,11-12,14H2,1-2H3. The molecule has 7 heteroatoms. The monoisotopic (exact) mass is 438 g/mol. The average Bonchev–Trinajstić information content (AvgIpc) is 3.23. The Bertz CT molecular complexity index is 1060. The van der Waals surface area contributed by atoms with E-state index in [2.05, 4.69) is 0 Å². The minimum absolute atomic E-state index is 0.0236. The van der Waals surface area contributed by atoms with Gasteiger partial charge in [0.05, 0.1) is 19.8 Å². The maximum Gasteiger partial charge on any atom is 0.350 e. The van der Waals surface area contributed by atoms with E-state index in [4.69, 9.17) is 23.7 Å². The molecule has 2 aromatic rings. The number of carbonyl (C=O) groups excluding carboxylic acids is 2. The number of esters is 2. The number of hydrogen-bond acceptors (Lipinski definition) is 7. The van der Waals surface area contributed by atoms with Gasteiger partial charge in [-0.2, -0.15) is 0 Å². The third-order valence-electron chi connectivity index (χ3n) is 6.44. The third-order valence-corrected chi connectivity index (χ3v) is 6.44. The fourth-order valence-corrected chi connectivity index (χ4v) is 4.45. The smallest absolute Gasteiger partial charge is 0.350 e. The molecule has 2 aromatic carbocycles. The molecule has 0 radical (unpaired) electrons. The SMILES string of the molecule is COc1ccc(-c2ccc3c(c2)COC3=O)c(OC2(C(=O)OC3CCCC3)CC2)c1OC. The van der Waals surface area contributed by atoms with Crippen LogP contribution in [0.2, 0.25) is 0 Å². The fraction of sp³-hybridized carbons (Fsp3) is 0.440. The second-order valence-corrected chi connectivity index (χ2v) is 8.53. The molecule has 1 aliphatic heterocycles. The number of rotatable bonds is 7. The van der Waals surface area contributed by atoms with Crippen LogP contribution < -0.4 is 14.2 Å². The molecule has 0 saturated heterocycles. The van der Waals surface area contributed by atoms with E-state index in [-0.39, 0.29) is 24.6 Å². The van der Waals surface area contributed by atoms with E-state index in [1.807, 2.05) is 18.2 Å². The van der Waals surface area contributed by atoms with Gasteiger partial charge < -0.3 is 23.7 Å². The van der Waals surface area contributed by atoms with Crippen LogP contribution in [0.15, 0.2) is 30.3 Å². The van der Waals surface area contributed by atoms with Crippen molar-refractivity contribution in [2.45, 2.75) is 56.8 Å². The van der Waals surface area contributed by atoms with Crippen molar-refractivity contribution >= 4 is 11.9 Å². The maximum absolute atomic E-state index is 13.0. The molecule has 0 spiro atoms. The lowest BCUT2D eigenvalue weighted by molar-refractivity contribution is -0.159. The second kappa shape index (κ2) is 8.04. The summed E-state index contributed by atoms with van der Waals surface area (Å²) in [7, 11) is 3.10. The Morgan fingerprint density at radius 3 is 2.44 bits per heavy atom. The molecule has 0 unspecified atom stereocenters. The van der Waals surface area contributed by atoms with Crippen molar-refractivity contribution in [3.05, 3.63) is 41.5 Å². The van der Waals surface area contributed by atoms with E-state index in [9.17, 15) is 9.59 Å². The number of hydrogen-bond donors (Lipinski definition) is 0. The summed E-state index contributed by atoms with van der Waals surface area (Å²) >= 11 is 0. The molecule has 2 aliphatic carbocycles. The molecular weight excluding hydrogens is 412 g/mol. The van der Waals surface area contributed by atoms with Crippen molar-refractivity contribution in [3.8, 4) is 28.4 Å². The van der Waals surface area contributed by atoms with Crippen LogP contribution in [0.3, 0.4) is 0 Å². The first-order valence-corrected chi connectivity index (χ1v) is 11.0. The lowest BCUT2D eigenvalue weighted by atomic mass is 9.99. The van der Waals surface area contributed by atoms with E-state index in [1.165, 1.54) is 0 Å². The molecular formula is C25H26O7. The lowest BCUT2D eigenvalue weighted by Crippen LogP contribution is -2.34. The van der Waals surface area contributed by atoms with Gasteiger partial charge in [0.2, 0.25) is 11.4 Å². The highest BCUT2D eigenvalue weighted by atomic mass is 16.6. The minimum atomic E-state index is -1.01.